The third-order valence-electron chi connectivity index (χ3n) is 0.901. The molecule has 0 aromatic rings. The van der Waals surface area contributed by atoms with Gasteiger partial charge >= 0.3 is 17.9 Å². The van der Waals surface area contributed by atoms with Crippen molar-refractivity contribution in [3.8, 4) is 0 Å². The number of hydrogen-bond donors (Lipinski definition) is 1. The third-order valence-corrected chi connectivity index (χ3v) is 0.901. The predicted molar refractivity (Wildman–Crippen MR) is 47.8 cm³/mol. The van der Waals surface area contributed by atoms with Crippen LogP contribution in [0.2, 0.25) is 0 Å². The highest BCUT2D eigenvalue weighted by atomic mass is 16.6. The second-order valence-electron chi connectivity index (χ2n) is 1.95. The Morgan fingerprint density at radius 2 is 1.81 bits per heavy atom. The number of esters is 2. The monoisotopic (exact) mass is 232 g/mol. The zero-order chi connectivity index (χ0) is 11.7. The molecular formula is C8H8O8. The topological polar surface area (TPSA) is 138 Å². The first-order valence-corrected chi connectivity index (χ1v) is 3.48. The molecule has 88 valence electrons. The van der Waals surface area contributed by atoms with Crippen LogP contribution in [-0.2, 0) is 28.7 Å². The largest absolute Gasteiger partial charge is 0.478 e. The summed E-state index contributed by atoms with van der Waals surface area (Å²) < 4.78 is 7.87. The fraction of sp³-hybridized carbons (Fsp3) is 0. The summed E-state index contributed by atoms with van der Waals surface area (Å²) in [5, 5.41) is 7.86. The smallest absolute Gasteiger partial charge is 0.338 e. The van der Waals surface area contributed by atoms with Crippen LogP contribution < -0.4 is 0 Å². The molecule has 1 aliphatic heterocycles. The lowest BCUT2D eigenvalue weighted by Gasteiger charge is -1.80. The average Bonchev–Trinajstić information content (AvgIpc) is 2.51. The van der Waals surface area contributed by atoms with Crippen LogP contribution in [0.4, 0.5) is 0 Å². The maximum Gasteiger partial charge on any atom is 0.338 e. The first-order chi connectivity index (χ1) is 7.06. The van der Waals surface area contributed by atoms with Gasteiger partial charge in [0.25, 0.3) is 6.47 Å². The van der Waals surface area contributed by atoms with Crippen molar-refractivity contribution in [2.24, 2.45) is 0 Å². The highest BCUT2D eigenvalue weighted by Crippen LogP contribution is 1.92. The van der Waals surface area contributed by atoms with Gasteiger partial charge in [0.2, 0.25) is 0 Å². The summed E-state index contributed by atoms with van der Waals surface area (Å²) in [5.74, 6) is -2.30. The minimum atomic E-state index is -1.15. The van der Waals surface area contributed by atoms with Gasteiger partial charge in [-0.1, -0.05) is 0 Å². The predicted octanol–water partition coefficient (Wildman–Crippen LogP) is -1.44. The third kappa shape index (κ3) is 9.61. The Labute approximate surface area is 89.1 Å². The van der Waals surface area contributed by atoms with Crippen LogP contribution in [0.15, 0.2) is 24.5 Å². The number of ether oxygens (including phenoxy) is 2. The SMILES string of the molecule is O.O=C1C=CC(=O)O1.O=COC=CC(=O)O. The number of rotatable bonds is 3. The van der Waals surface area contributed by atoms with Gasteiger partial charge in [0.15, 0.2) is 0 Å². The summed E-state index contributed by atoms with van der Waals surface area (Å²) in [6, 6.07) is 0. The first kappa shape index (κ1) is 16.0. The molecule has 0 saturated carbocycles. The molecule has 0 aliphatic carbocycles. The Morgan fingerprint density at radius 1 is 1.31 bits per heavy atom. The molecule has 3 N–H and O–H groups in total. The molecule has 8 heteroatoms. The quantitative estimate of drug-likeness (QED) is 0.206. The summed E-state index contributed by atoms with van der Waals surface area (Å²) in [5.41, 5.74) is 0. The Kier molecular flexibility index (Phi) is 9.07. The molecule has 0 amide bonds. The summed E-state index contributed by atoms with van der Waals surface area (Å²) >= 11 is 0. The Balaban J connectivity index is 0. The number of cyclic esters (lactones) is 2. The van der Waals surface area contributed by atoms with Gasteiger partial charge in [-0.05, 0) is 0 Å². The standard InChI is InChI=1S/C4H4O4.C4H2O3.H2O/c5-3-8-2-1-4(6)7;5-3-1-2-4(6)7-3;/h1-3H,(H,6,7);1-2H;1H2. The van der Waals surface area contributed by atoms with Crippen LogP contribution in [0.5, 0.6) is 0 Å². The lowest BCUT2D eigenvalue weighted by atomic mass is 10.6. The van der Waals surface area contributed by atoms with Crippen molar-refractivity contribution in [2.75, 3.05) is 0 Å². The van der Waals surface area contributed by atoms with E-state index in [2.05, 4.69) is 9.47 Å². The fourth-order valence-corrected chi connectivity index (χ4v) is 0.433. The van der Waals surface area contributed by atoms with E-state index in [1.165, 1.54) is 0 Å². The van der Waals surface area contributed by atoms with Crippen LogP contribution in [0.3, 0.4) is 0 Å². The summed E-state index contributed by atoms with van der Waals surface area (Å²) in [7, 11) is 0. The van der Waals surface area contributed by atoms with E-state index in [1.807, 2.05) is 0 Å². The lowest BCUT2D eigenvalue weighted by Crippen LogP contribution is -1.96. The summed E-state index contributed by atoms with van der Waals surface area (Å²) in [6.45, 7) is 0.138. The fourth-order valence-electron chi connectivity index (χ4n) is 0.433. The van der Waals surface area contributed by atoms with E-state index in [9.17, 15) is 19.2 Å². The van der Waals surface area contributed by atoms with Crippen molar-refractivity contribution in [1.82, 2.24) is 0 Å². The maximum absolute atomic E-state index is 9.92. The average molecular weight is 232 g/mol. The van der Waals surface area contributed by atoms with E-state index in [4.69, 9.17) is 5.11 Å². The Bertz CT molecular complexity index is 311. The second kappa shape index (κ2) is 9.09. The molecule has 16 heavy (non-hydrogen) atoms. The highest BCUT2D eigenvalue weighted by Gasteiger charge is 2.10. The van der Waals surface area contributed by atoms with Crippen LogP contribution in [-0.4, -0.2) is 35.0 Å². The van der Waals surface area contributed by atoms with Crippen molar-refractivity contribution in [1.29, 1.82) is 0 Å². The van der Waals surface area contributed by atoms with Crippen molar-refractivity contribution in [2.45, 2.75) is 0 Å². The molecule has 0 aromatic carbocycles. The van der Waals surface area contributed by atoms with Crippen LogP contribution in [0.1, 0.15) is 0 Å². The van der Waals surface area contributed by atoms with Gasteiger partial charge in [-0.2, -0.15) is 0 Å². The van der Waals surface area contributed by atoms with Crippen molar-refractivity contribution < 1.29 is 39.2 Å². The van der Waals surface area contributed by atoms with E-state index in [-0.39, 0.29) is 11.9 Å². The van der Waals surface area contributed by atoms with Gasteiger partial charge in [-0.15, -0.1) is 0 Å². The van der Waals surface area contributed by atoms with Gasteiger partial charge in [0.05, 0.1) is 6.08 Å². The molecule has 0 radical (unpaired) electrons. The zero-order valence-electron chi connectivity index (χ0n) is 7.78. The van der Waals surface area contributed by atoms with E-state index in [0.717, 1.165) is 18.4 Å². The van der Waals surface area contributed by atoms with Gasteiger partial charge < -0.3 is 20.1 Å². The molecular weight excluding hydrogens is 224 g/mol. The van der Waals surface area contributed by atoms with Crippen molar-refractivity contribution in [3.05, 3.63) is 24.5 Å². The van der Waals surface area contributed by atoms with Crippen LogP contribution in [0.25, 0.3) is 0 Å². The summed E-state index contributed by atoms with van der Waals surface area (Å²) in [6.07, 6.45) is 3.68. The number of carbonyl (C=O) groups is 4. The van der Waals surface area contributed by atoms with E-state index >= 15 is 0 Å². The lowest BCUT2D eigenvalue weighted by molar-refractivity contribution is -0.150. The molecule has 0 unspecified atom stereocenters. The van der Waals surface area contributed by atoms with E-state index in [0.29, 0.717) is 6.08 Å². The molecule has 1 aliphatic rings. The first-order valence-electron chi connectivity index (χ1n) is 3.48. The van der Waals surface area contributed by atoms with Gasteiger partial charge in [0, 0.05) is 12.2 Å². The van der Waals surface area contributed by atoms with Crippen molar-refractivity contribution >= 4 is 24.4 Å². The van der Waals surface area contributed by atoms with Crippen molar-refractivity contribution in [3.63, 3.8) is 0 Å². The highest BCUT2D eigenvalue weighted by molar-refractivity contribution is 6.04. The molecule has 1 heterocycles. The van der Waals surface area contributed by atoms with E-state index < -0.39 is 17.9 Å². The number of carboxylic acid groups (broad SMARTS) is 1. The summed E-state index contributed by atoms with van der Waals surface area (Å²) in [4.78, 5) is 38.8. The number of carbonyl (C=O) groups excluding carboxylic acids is 3. The van der Waals surface area contributed by atoms with Gasteiger partial charge in [0.1, 0.15) is 6.26 Å². The molecule has 0 aromatic heterocycles. The maximum atomic E-state index is 9.92. The minimum Gasteiger partial charge on any atom is -0.478 e. The number of hydrogen-bond acceptors (Lipinski definition) is 6. The zero-order valence-corrected chi connectivity index (χ0v) is 7.78. The normalized spacial score (nSPS) is 12.2. The Morgan fingerprint density at radius 3 is 2.06 bits per heavy atom. The second-order valence-corrected chi connectivity index (χ2v) is 1.95. The number of carboxylic acids is 1. The minimum absolute atomic E-state index is 0. The van der Waals surface area contributed by atoms with Gasteiger partial charge in [-0.25, -0.2) is 14.4 Å². The van der Waals surface area contributed by atoms with E-state index in [1.54, 1.807) is 0 Å². The molecule has 0 atom stereocenters. The Hall–Kier alpha value is -2.48. The number of aliphatic carboxylic acids is 1. The van der Waals surface area contributed by atoms with Gasteiger partial charge in [-0.3, -0.25) is 4.79 Å². The van der Waals surface area contributed by atoms with Crippen LogP contribution >= 0.6 is 0 Å². The molecule has 0 fully saturated rings. The molecule has 8 nitrogen and oxygen atoms in total. The molecule has 0 bridgehead atoms. The molecule has 1 rings (SSSR count). The molecule has 0 saturated heterocycles. The molecule has 0 spiro atoms. The van der Waals surface area contributed by atoms with Crippen LogP contribution in [0, 0.1) is 0 Å².